The molecule has 2 N–H and O–H groups in total. The molecule has 16 heavy (non-hydrogen) atoms. The van der Waals surface area contributed by atoms with Crippen molar-refractivity contribution in [3.63, 3.8) is 0 Å². The quantitative estimate of drug-likeness (QED) is 0.789. The van der Waals surface area contributed by atoms with E-state index < -0.39 is 0 Å². The highest BCUT2D eigenvalue weighted by molar-refractivity contribution is 6.29. The highest BCUT2D eigenvalue weighted by Crippen LogP contribution is 2.14. The van der Waals surface area contributed by atoms with E-state index in [1.54, 1.807) is 18.3 Å². The molecule has 0 aromatic carbocycles. The van der Waals surface area contributed by atoms with Crippen molar-refractivity contribution in [2.75, 3.05) is 18.4 Å². The van der Waals surface area contributed by atoms with Gasteiger partial charge in [0.1, 0.15) is 5.15 Å². The summed E-state index contributed by atoms with van der Waals surface area (Å²) in [5.41, 5.74) is 0.695. The van der Waals surface area contributed by atoms with Crippen LogP contribution in [0.2, 0.25) is 5.15 Å². The van der Waals surface area contributed by atoms with Crippen molar-refractivity contribution in [3.05, 3.63) is 23.5 Å². The summed E-state index contributed by atoms with van der Waals surface area (Å²) in [6.07, 6.45) is 3.20. The zero-order valence-corrected chi connectivity index (χ0v) is 9.63. The van der Waals surface area contributed by atoms with Crippen molar-refractivity contribution in [1.29, 1.82) is 0 Å². The van der Waals surface area contributed by atoms with Crippen LogP contribution in [0, 0.1) is 5.92 Å². The van der Waals surface area contributed by atoms with E-state index in [2.05, 4.69) is 15.6 Å². The zero-order valence-electron chi connectivity index (χ0n) is 8.87. The third-order valence-corrected chi connectivity index (χ3v) is 2.87. The Morgan fingerprint density at radius 3 is 3.12 bits per heavy atom. The van der Waals surface area contributed by atoms with E-state index in [9.17, 15) is 4.79 Å². The van der Waals surface area contributed by atoms with Crippen LogP contribution in [-0.2, 0) is 4.79 Å². The molecule has 4 nitrogen and oxygen atoms in total. The van der Waals surface area contributed by atoms with E-state index >= 15 is 0 Å². The number of rotatable bonds is 3. The summed E-state index contributed by atoms with van der Waals surface area (Å²) in [4.78, 5) is 15.6. The topological polar surface area (TPSA) is 54.0 Å². The van der Waals surface area contributed by atoms with Crippen molar-refractivity contribution in [1.82, 2.24) is 10.3 Å². The highest BCUT2D eigenvalue weighted by Gasteiger charge is 2.17. The number of carbonyl (C=O) groups excluding carboxylic acids is 1. The van der Waals surface area contributed by atoms with Gasteiger partial charge in [0.05, 0.1) is 11.9 Å². The van der Waals surface area contributed by atoms with Gasteiger partial charge in [-0.15, -0.1) is 0 Å². The molecular formula is C11H14ClN3O. The number of carbonyl (C=O) groups is 1. The maximum Gasteiger partial charge on any atom is 0.224 e. The normalized spacial score (nSPS) is 19.7. The number of nitrogens with zero attached hydrogens (tertiary/aromatic N) is 1. The molecule has 0 spiro atoms. The monoisotopic (exact) mass is 239 g/mol. The number of aromatic nitrogens is 1. The van der Waals surface area contributed by atoms with Crippen LogP contribution in [0.5, 0.6) is 0 Å². The lowest BCUT2D eigenvalue weighted by Crippen LogP contribution is -2.18. The Morgan fingerprint density at radius 1 is 1.62 bits per heavy atom. The lowest BCUT2D eigenvalue weighted by molar-refractivity contribution is -0.116. The van der Waals surface area contributed by atoms with Crippen molar-refractivity contribution >= 4 is 23.2 Å². The van der Waals surface area contributed by atoms with Crippen LogP contribution in [0.4, 0.5) is 5.69 Å². The molecule has 1 unspecified atom stereocenters. The maximum absolute atomic E-state index is 11.7. The average Bonchev–Trinajstić information content (AvgIpc) is 2.74. The highest BCUT2D eigenvalue weighted by atomic mass is 35.5. The van der Waals surface area contributed by atoms with Gasteiger partial charge in [-0.05, 0) is 37.6 Å². The number of hydrogen-bond acceptors (Lipinski definition) is 3. The molecule has 86 valence electrons. The molecule has 1 aliphatic rings. The predicted molar refractivity (Wildman–Crippen MR) is 63.5 cm³/mol. The second-order valence-electron chi connectivity index (χ2n) is 3.98. The molecule has 0 bridgehead atoms. The Labute approximate surface area is 99.4 Å². The van der Waals surface area contributed by atoms with Gasteiger partial charge < -0.3 is 10.6 Å². The van der Waals surface area contributed by atoms with Gasteiger partial charge in [0.25, 0.3) is 0 Å². The van der Waals surface area contributed by atoms with E-state index in [0.717, 1.165) is 19.5 Å². The Bertz CT molecular complexity index is 360. The molecule has 1 saturated heterocycles. The lowest BCUT2D eigenvalue weighted by Gasteiger charge is -2.08. The van der Waals surface area contributed by atoms with Crippen LogP contribution in [0.3, 0.4) is 0 Å². The van der Waals surface area contributed by atoms with E-state index in [1.165, 1.54) is 0 Å². The van der Waals surface area contributed by atoms with Crippen molar-refractivity contribution in [2.45, 2.75) is 12.8 Å². The summed E-state index contributed by atoms with van der Waals surface area (Å²) in [5, 5.41) is 6.48. The van der Waals surface area contributed by atoms with Crippen molar-refractivity contribution in [3.8, 4) is 0 Å². The van der Waals surface area contributed by atoms with Gasteiger partial charge in [-0.3, -0.25) is 4.79 Å². The van der Waals surface area contributed by atoms with Crippen LogP contribution in [0.25, 0.3) is 0 Å². The van der Waals surface area contributed by atoms with Crippen LogP contribution in [0.1, 0.15) is 12.8 Å². The number of hydrogen-bond donors (Lipinski definition) is 2. The van der Waals surface area contributed by atoms with Gasteiger partial charge in [0.15, 0.2) is 0 Å². The zero-order chi connectivity index (χ0) is 11.4. The molecule has 1 aromatic rings. The fraction of sp³-hybridized carbons (Fsp3) is 0.455. The van der Waals surface area contributed by atoms with Gasteiger partial charge >= 0.3 is 0 Å². The van der Waals surface area contributed by atoms with Crippen LogP contribution in [0.15, 0.2) is 18.3 Å². The van der Waals surface area contributed by atoms with Gasteiger partial charge in [0, 0.05) is 6.42 Å². The predicted octanol–water partition coefficient (Wildman–Crippen LogP) is 1.67. The third-order valence-electron chi connectivity index (χ3n) is 2.65. The maximum atomic E-state index is 11.7. The molecule has 0 radical (unpaired) electrons. The Balaban J connectivity index is 1.84. The first-order valence-electron chi connectivity index (χ1n) is 5.36. The van der Waals surface area contributed by atoms with E-state index in [-0.39, 0.29) is 5.91 Å². The number of amides is 1. The molecule has 0 saturated carbocycles. The Hall–Kier alpha value is -1.13. The number of anilines is 1. The average molecular weight is 240 g/mol. The lowest BCUT2D eigenvalue weighted by atomic mass is 10.0. The first-order chi connectivity index (χ1) is 7.74. The molecular weight excluding hydrogens is 226 g/mol. The minimum absolute atomic E-state index is 0.0397. The summed E-state index contributed by atoms with van der Waals surface area (Å²) in [7, 11) is 0. The fourth-order valence-electron chi connectivity index (χ4n) is 1.81. The molecule has 1 atom stereocenters. The second-order valence-corrected chi connectivity index (χ2v) is 4.37. The van der Waals surface area contributed by atoms with Crippen LogP contribution in [-0.4, -0.2) is 24.0 Å². The molecule has 2 rings (SSSR count). The molecule has 0 aliphatic carbocycles. The van der Waals surface area contributed by atoms with Gasteiger partial charge in [-0.25, -0.2) is 4.98 Å². The summed E-state index contributed by atoms with van der Waals surface area (Å²) in [6.45, 7) is 1.95. The minimum atomic E-state index is 0.0397. The smallest absolute Gasteiger partial charge is 0.224 e. The fourth-order valence-corrected chi connectivity index (χ4v) is 1.92. The molecule has 2 heterocycles. The molecule has 1 aromatic heterocycles. The van der Waals surface area contributed by atoms with Crippen molar-refractivity contribution < 1.29 is 4.79 Å². The summed E-state index contributed by atoms with van der Waals surface area (Å²) in [5.74, 6) is 0.498. The summed E-state index contributed by atoms with van der Waals surface area (Å²) < 4.78 is 0. The number of halogens is 1. The van der Waals surface area contributed by atoms with Crippen molar-refractivity contribution in [2.24, 2.45) is 5.92 Å². The molecule has 1 fully saturated rings. The van der Waals surface area contributed by atoms with E-state index in [1.807, 2.05) is 0 Å². The van der Waals surface area contributed by atoms with Crippen LogP contribution >= 0.6 is 11.6 Å². The minimum Gasteiger partial charge on any atom is -0.325 e. The first kappa shape index (κ1) is 11.4. The molecule has 1 aliphatic heterocycles. The van der Waals surface area contributed by atoms with Crippen LogP contribution < -0.4 is 10.6 Å². The molecule has 1 amide bonds. The Morgan fingerprint density at radius 2 is 2.50 bits per heavy atom. The first-order valence-corrected chi connectivity index (χ1v) is 5.74. The number of nitrogens with one attached hydrogen (secondary N) is 2. The van der Waals surface area contributed by atoms with Gasteiger partial charge in [0.2, 0.25) is 5.91 Å². The second kappa shape index (κ2) is 5.27. The number of pyridine rings is 1. The Kier molecular flexibility index (Phi) is 3.74. The van der Waals surface area contributed by atoms with Gasteiger partial charge in [-0.1, -0.05) is 11.6 Å². The third kappa shape index (κ3) is 3.18. The SMILES string of the molecule is O=C(CC1CCNC1)Nc1ccc(Cl)nc1. The summed E-state index contributed by atoms with van der Waals surface area (Å²) in [6, 6.07) is 3.41. The van der Waals surface area contributed by atoms with E-state index in [0.29, 0.717) is 23.2 Å². The van der Waals surface area contributed by atoms with Gasteiger partial charge in [-0.2, -0.15) is 0 Å². The summed E-state index contributed by atoms with van der Waals surface area (Å²) >= 11 is 5.65. The largest absolute Gasteiger partial charge is 0.325 e. The standard InChI is InChI=1S/C11H14ClN3O/c12-10-2-1-9(7-14-10)15-11(16)5-8-3-4-13-6-8/h1-2,7-8,13H,3-6H2,(H,15,16). The molecule has 5 heteroatoms. The van der Waals surface area contributed by atoms with E-state index in [4.69, 9.17) is 11.6 Å².